The summed E-state index contributed by atoms with van der Waals surface area (Å²) < 4.78 is 5.34. The number of H-pyrrole nitrogens is 1. The van der Waals surface area contributed by atoms with Crippen LogP contribution in [0.1, 0.15) is 10.4 Å². The van der Waals surface area contributed by atoms with Gasteiger partial charge in [0.1, 0.15) is 11.6 Å². The molecular weight excluding hydrogens is 384 g/mol. The third-order valence-corrected chi connectivity index (χ3v) is 4.67. The number of nitrogens with one attached hydrogen (secondary N) is 2. The van der Waals surface area contributed by atoms with Crippen molar-refractivity contribution in [2.45, 2.75) is 0 Å². The quantitative estimate of drug-likeness (QED) is 0.392. The summed E-state index contributed by atoms with van der Waals surface area (Å²) in [4.78, 5) is 24.1. The Morgan fingerprint density at radius 2 is 2.03 bits per heavy atom. The average molecular weight is 404 g/mol. The number of aromatic nitrogens is 3. The maximum atomic E-state index is 12.1. The average Bonchev–Trinajstić information content (AvgIpc) is 3.21. The van der Waals surface area contributed by atoms with E-state index in [0.29, 0.717) is 33.9 Å². The molecular formula is C22H20N4O4. The molecule has 30 heavy (non-hydrogen) atoms. The van der Waals surface area contributed by atoms with Gasteiger partial charge in [-0.2, -0.15) is 0 Å². The number of phenols is 1. The first-order valence-corrected chi connectivity index (χ1v) is 9.32. The lowest BCUT2D eigenvalue weighted by Crippen LogP contribution is -2.26. The minimum atomic E-state index is -0.282. The van der Waals surface area contributed by atoms with Crippen molar-refractivity contribution in [3.8, 4) is 34.1 Å². The zero-order valence-electron chi connectivity index (χ0n) is 16.2. The summed E-state index contributed by atoms with van der Waals surface area (Å²) in [5, 5.41) is 21.9. The first-order chi connectivity index (χ1) is 14.6. The summed E-state index contributed by atoms with van der Waals surface area (Å²) in [6, 6.07) is 14.0. The first kappa shape index (κ1) is 19.4. The van der Waals surface area contributed by atoms with E-state index in [0.717, 1.165) is 11.1 Å². The highest BCUT2D eigenvalue weighted by Gasteiger charge is 2.15. The smallest absolute Gasteiger partial charge is 0.251 e. The summed E-state index contributed by atoms with van der Waals surface area (Å²) in [7, 11) is 1.56. The van der Waals surface area contributed by atoms with Gasteiger partial charge in [0.2, 0.25) is 5.88 Å². The van der Waals surface area contributed by atoms with Gasteiger partial charge in [0, 0.05) is 23.9 Å². The summed E-state index contributed by atoms with van der Waals surface area (Å²) >= 11 is 0. The minimum absolute atomic E-state index is 0.0709. The predicted molar refractivity (Wildman–Crippen MR) is 112 cm³/mol. The normalized spacial score (nSPS) is 10.9. The van der Waals surface area contributed by atoms with Crippen molar-refractivity contribution >= 4 is 16.9 Å². The van der Waals surface area contributed by atoms with Gasteiger partial charge in [-0.25, -0.2) is 9.97 Å². The van der Waals surface area contributed by atoms with Crippen LogP contribution in [0, 0.1) is 0 Å². The number of benzene rings is 2. The molecule has 4 N–H and O–H groups in total. The number of aromatic hydroxyl groups is 1. The number of nitrogens with zero attached hydrogens (tertiary/aromatic N) is 2. The van der Waals surface area contributed by atoms with Gasteiger partial charge in [-0.15, -0.1) is 0 Å². The largest absolute Gasteiger partial charge is 0.507 e. The molecule has 8 heteroatoms. The predicted octanol–water partition coefficient (Wildman–Crippen LogP) is 2.73. The molecule has 4 aromatic rings. The maximum absolute atomic E-state index is 12.1. The lowest BCUT2D eigenvalue weighted by molar-refractivity contribution is 0.0945. The molecule has 0 radical (unpaired) electrons. The van der Waals surface area contributed by atoms with Crippen LogP contribution in [0.25, 0.3) is 33.5 Å². The second-order valence-corrected chi connectivity index (χ2v) is 6.59. The lowest BCUT2D eigenvalue weighted by atomic mass is 10.0. The Labute approximate surface area is 172 Å². The number of aliphatic hydroxyl groups is 1. The van der Waals surface area contributed by atoms with Gasteiger partial charge in [-0.05, 0) is 48.0 Å². The highest BCUT2D eigenvalue weighted by molar-refractivity contribution is 5.97. The van der Waals surface area contributed by atoms with Crippen molar-refractivity contribution in [2.24, 2.45) is 0 Å². The Bertz CT molecular complexity index is 1220. The van der Waals surface area contributed by atoms with E-state index in [-0.39, 0.29) is 24.8 Å². The molecule has 2 aromatic heterocycles. The molecule has 4 rings (SSSR count). The second-order valence-electron chi connectivity index (χ2n) is 6.59. The van der Waals surface area contributed by atoms with E-state index in [9.17, 15) is 9.90 Å². The van der Waals surface area contributed by atoms with Gasteiger partial charge in [0.15, 0.2) is 0 Å². The van der Waals surface area contributed by atoms with Gasteiger partial charge in [-0.1, -0.05) is 6.07 Å². The zero-order valence-corrected chi connectivity index (χ0v) is 16.2. The van der Waals surface area contributed by atoms with Crippen LogP contribution in [-0.4, -0.2) is 51.3 Å². The summed E-state index contributed by atoms with van der Waals surface area (Å²) in [5.74, 6) is 0.745. The molecule has 0 aliphatic carbocycles. The van der Waals surface area contributed by atoms with Crippen LogP contribution in [0.4, 0.5) is 0 Å². The van der Waals surface area contributed by atoms with Crippen molar-refractivity contribution in [3.63, 3.8) is 0 Å². The lowest BCUT2D eigenvalue weighted by Gasteiger charge is -2.09. The number of rotatable bonds is 6. The highest BCUT2D eigenvalue weighted by Crippen LogP contribution is 2.35. The molecule has 0 aliphatic heterocycles. The molecule has 0 saturated heterocycles. The van der Waals surface area contributed by atoms with E-state index < -0.39 is 0 Å². The Kier molecular flexibility index (Phi) is 5.32. The van der Waals surface area contributed by atoms with Gasteiger partial charge in [-0.3, -0.25) is 4.79 Å². The van der Waals surface area contributed by atoms with E-state index in [1.165, 1.54) is 0 Å². The molecule has 0 atom stereocenters. The van der Waals surface area contributed by atoms with Crippen molar-refractivity contribution < 1.29 is 19.7 Å². The van der Waals surface area contributed by atoms with Gasteiger partial charge in [0.05, 0.1) is 30.3 Å². The van der Waals surface area contributed by atoms with Gasteiger partial charge < -0.3 is 25.3 Å². The molecule has 8 nitrogen and oxygen atoms in total. The third kappa shape index (κ3) is 3.68. The number of amides is 1. The third-order valence-electron chi connectivity index (χ3n) is 4.67. The highest BCUT2D eigenvalue weighted by atomic mass is 16.5. The van der Waals surface area contributed by atoms with Crippen LogP contribution in [0.5, 0.6) is 11.6 Å². The number of pyridine rings is 1. The van der Waals surface area contributed by atoms with Crippen LogP contribution in [0.2, 0.25) is 0 Å². The number of phenolic OH excluding ortho intramolecular Hbond substituents is 1. The second kappa shape index (κ2) is 8.22. The van der Waals surface area contributed by atoms with E-state index >= 15 is 0 Å². The van der Waals surface area contributed by atoms with Crippen LogP contribution in [0.3, 0.4) is 0 Å². The van der Waals surface area contributed by atoms with E-state index in [4.69, 9.17) is 9.84 Å². The van der Waals surface area contributed by atoms with Crippen LogP contribution < -0.4 is 10.1 Å². The molecule has 0 bridgehead atoms. The molecule has 2 heterocycles. The number of hydrogen-bond acceptors (Lipinski definition) is 6. The monoisotopic (exact) mass is 404 g/mol. The maximum Gasteiger partial charge on any atom is 0.251 e. The molecule has 0 fully saturated rings. The summed E-state index contributed by atoms with van der Waals surface area (Å²) in [6.07, 6.45) is 1.65. The number of carbonyl (C=O) groups is 1. The SMILES string of the molecule is COc1ncccc1-c1ccc(O)c(-c2nc3ccc(C(=O)NCCO)cc3[nH]2)c1. The topological polar surface area (TPSA) is 120 Å². The van der Waals surface area contributed by atoms with E-state index in [2.05, 4.69) is 20.3 Å². The fourth-order valence-electron chi connectivity index (χ4n) is 3.22. The Morgan fingerprint density at radius 3 is 2.83 bits per heavy atom. The van der Waals surface area contributed by atoms with Crippen molar-refractivity contribution in [2.75, 3.05) is 20.3 Å². The summed E-state index contributed by atoms with van der Waals surface area (Å²) in [6.45, 7) is 0.0586. The molecule has 0 saturated carbocycles. The number of aliphatic hydroxyl groups excluding tert-OH is 1. The fourth-order valence-corrected chi connectivity index (χ4v) is 3.22. The molecule has 152 valence electrons. The van der Waals surface area contributed by atoms with Crippen molar-refractivity contribution in [1.29, 1.82) is 0 Å². The zero-order chi connectivity index (χ0) is 21.1. The standard InChI is InChI=1S/C22H20N4O4/c1-30-22-15(3-2-8-24-22)13-5-7-19(28)16(11-13)20-25-17-6-4-14(12-18(17)26-20)21(29)23-9-10-27/h2-8,11-12,27-28H,9-10H2,1H3,(H,23,29)(H,25,26). The van der Waals surface area contributed by atoms with E-state index in [1.54, 1.807) is 49.7 Å². The Balaban J connectivity index is 1.74. The molecule has 0 spiro atoms. The van der Waals surface area contributed by atoms with Gasteiger partial charge in [0.25, 0.3) is 5.91 Å². The molecule has 0 unspecified atom stereocenters. The van der Waals surface area contributed by atoms with Crippen LogP contribution in [-0.2, 0) is 0 Å². The first-order valence-electron chi connectivity index (χ1n) is 9.32. The minimum Gasteiger partial charge on any atom is -0.507 e. The number of fused-ring (bicyclic) bond motifs is 1. The number of ether oxygens (including phenoxy) is 1. The Hall–Kier alpha value is -3.91. The molecule has 2 aromatic carbocycles. The van der Waals surface area contributed by atoms with Gasteiger partial charge >= 0.3 is 0 Å². The van der Waals surface area contributed by atoms with Crippen LogP contribution in [0.15, 0.2) is 54.7 Å². The molecule has 0 aliphatic rings. The van der Waals surface area contributed by atoms with Crippen LogP contribution >= 0.6 is 0 Å². The van der Waals surface area contributed by atoms with Crippen molar-refractivity contribution in [3.05, 3.63) is 60.3 Å². The fraction of sp³-hybridized carbons (Fsp3) is 0.136. The number of hydrogen-bond donors (Lipinski definition) is 4. The summed E-state index contributed by atoms with van der Waals surface area (Å²) in [5.41, 5.74) is 3.89. The number of aromatic amines is 1. The molecule has 1 amide bonds. The number of carbonyl (C=O) groups excluding carboxylic acids is 1. The van der Waals surface area contributed by atoms with Crippen molar-refractivity contribution in [1.82, 2.24) is 20.3 Å². The van der Waals surface area contributed by atoms with E-state index in [1.807, 2.05) is 12.1 Å². The number of methoxy groups -OCH3 is 1. The Morgan fingerprint density at radius 1 is 1.17 bits per heavy atom. The number of imidazole rings is 1.